The second kappa shape index (κ2) is 9.23. The Balaban J connectivity index is 1.86. The number of rotatable bonds is 9. The Bertz CT molecular complexity index is 536. The van der Waals surface area contributed by atoms with E-state index in [1.54, 1.807) is 0 Å². The van der Waals surface area contributed by atoms with Gasteiger partial charge in [-0.3, -0.25) is 0 Å². The summed E-state index contributed by atoms with van der Waals surface area (Å²) in [7, 11) is 4.18. The molecule has 3 nitrogen and oxygen atoms in total. The Labute approximate surface area is 161 Å². The molecular formula is C23H41N2O+. The lowest BCUT2D eigenvalue weighted by Gasteiger charge is -2.45. The fourth-order valence-electron chi connectivity index (χ4n) is 4.34. The predicted molar refractivity (Wildman–Crippen MR) is 112 cm³/mol. The second-order valence-corrected chi connectivity index (χ2v) is 9.56. The standard InChI is InChI=1S/C23H40N2O/c1-19(2)11-12-23(14-16-26-22(3,4)18-23)13-15-24-17-20-7-9-21(10-8-20)25(5)6/h7-10,19,24H,11-18H2,1-6H3/p+1/t23-/m1/s1. The lowest BCUT2D eigenvalue weighted by atomic mass is 9.68. The molecule has 0 unspecified atom stereocenters. The van der Waals surface area contributed by atoms with Crippen LogP contribution in [0.4, 0.5) is 5.69 Å². The van der Waals surface area contributed by atoms with E-state index in [0.717, 1.165) is 19.1 Å². The first-order valence-corrected chi connectivity index (χ1v) is 10.4. The van der Waals surface area contributed by atoms with Gasteiger partial charge in [-0.1, -0.05) is 32.4 Å². The van der Waals surface area contributed by atoms with E-state index in [1.165, 1.54) is 49.9 Å². The van der Waals surface area contributed by atoms with Gasteiger partial charge < -0.3 is 15.0 Å². The quantitative estimate of drug-likeness (QED) is 0.667. The van der Waals surface area contributed by atoms with E-state index < -0.39 is 0 Å². The summed E-state index contributed by atoms with van der Waals surface area (Å²) in [6.07, 6.45) is 6.43. The van der Waals surface area contributed by atoms with Crippen LogP contribution in [0.5, 0.6) is 0 Å². The van der Waals surface area contributed by atoms with E-state index in [-0.39, 0.29) is 5.60 Å². The van der Waals surface area contributed by atoms with E-state index in [9.17, 15) is 0 Å². The predicted octanol–water partition coefficient (Wildman–Crippen LogP) is 4.22. The minimum absolute atomic E-state index is 0.0389. The Morgan fingerprint density at radius 1 is 1.12 bits per heavy atom. The van der Waals surface area contributed by atoms with Crippen LogP contribution >= 0.6 is 0 Å². The minimum atomic E-state index is 0.0389. The number of hydrogen-bond donors (Lipinski definition) is 1. The molecule has 1 aliphatic heterocycles. The molecule has 1 heterocycles. The van der Waals surface area contributed by atoms with Gasteiger partial charge in [0.2, 0.25) is 0 Å². The molecule has 3 heteroatoms. The second-order valence-electron chi connectivity index (χ2n) is 9.56. The van der Waals surface area contributed by atoms with Gasteiger partial charge in [0.15, 0.2) is 0 Å². The summed E-state index contributed by atoms with van der Waals surface area (Å²) >= 11 is 0. The van der Waals surface area contributed by atoms with E-state index >= 15 is 0 Å². The first-order valence-electron chi connectivity index (χ1n) is 10.4. The molecule has 148 valence electrons. The van der Waals surface area contributed by atoms with Crippen LogP contribution in [0.15, 0.2) is 24.3 Å². The highest BCUT2D eigenvalue weighted by Crippen LogP contribution is 2.45. The van der Waals surface area contributed by atoms with Crippen molar-refractivity contribution in [2.45, 2.75) is 71.9 Å². The van der Waals surface area contributed by atoms with Crippen molar-refractivity contribution in [3.8, 4) is 0 Å². The molecule has 0 bridgehead atoms. The van der Waals surface area contributed by atoms with E-state index in [0.29, 0.717) is 5.41 Å². The monoisotopic (exact) mass is 361 g/mol. The first-order chi connectivity index (χ1) is 12.2. The molecule has 2 rings (SSSR count). The number of quaternary nitrogens is 1. The highest BCUT2D eigenvalue weighted by atomic mass is 16.5. The molecule has 1 atom stereocenters. The smallest absolute Gasteiger partial charge is 0.101 e. The molecule has 0 radical (unpaired) electrons. The number of ether oxygens (including phenoxy) is 1. The Morgan fingerprint density at radius 2 is 1.81 bits per heavy atom. The van der Waals surface area contributed by atoms with Gasteiger partial charge in [-0.2, -0.15) is 0 Å². The van der Waals surface area contributed by atoms with Crippen LogP contribution in [0.1, 0.15) is 65.4 Å². The highest BCUT2D eigenvalue weighted by Gasteiger charge is 2.40. The van der Waals surface area contributed by atoms with Crippen molar-refractivity contribution in [2.75, 3.05) is 32.1 Å². The molecule has 1 aliphatic rings. The first kappa shape index (κ1) is 21.2. The number of anilines is 1. The van der Waals surface area contributed by atoms with Crippen LogP contribution in [0, 0.1) is 11.3 Å². The summed E-state index contributed by atoms with van der Waals surface area (Å²) in [5, 5.41) is 2.49. The van der Waals surface area contributed by atoms with Crippen molar-refractivity contribution < 1.29 is 10.1 Å². The normalized spacial score (nSPS) is 22.6. The summed E-state index contributed by atoms with van der Waals surface area (Å²) in [6, 6.07) is 8.96. The maximum absolute atomic E-state index is 6.02. The van der Waals surface area contributed by atoms with Gasteiger partial charge in [0.25, 0.3) is 0 Å². The Kier molecular flexibility index (Phi) is 7.54. The lowest BCUT2D eigenvalue weighted by molar-refractivity contribution is -0.672. The van der Waals surface area contributed by atoms with Crippen molar-refractivity contribution in [1.29, 1.82) is 0 Å². The highest BCUT2D eigenvalue weighted by molar-refractivity contribution is 5.45. The molecule has 2 N–H and O–H groups in total. The van der Waals surface area contributed by atoms with Gasteiger partial charge in [-0.25, -0.2) is 0 Å². The molecule has 0 aromatic heterocycles. The number of nitrogens with zero attached hydrogens (tertiary/aromatic N) is 1. The van der Waals surface area contributed by atoms with Crippen molar-refractivity contribution in [1.82, 2.24) is 0 Å². The molecule has 26 heavy (non-hydrogen) atoms. The van der Waals surface area contributed by atoms with Crippen molar-refractivity contribution in [2.24, 2.45) is 11.3 Å². The number of benzene rings is 1. The fourth-order valence-corrected chi connectivity index (χ4v) is 4.34. The molecule has 0 spiro atoms. The number of nitrogens with two attached hydrogens (primary N) is 1. The van der Waals surface area contributed by atoms with E-state index in [1.807, 2.05) is 0 Å². The fraction of sp³-hybridized carbons (Fsp3) is 0.739. The SMILES string of the molecule is CC(C)CC[C@@]1(CC[NH2+]Cc2ccc(N(C)C)cc2)CCOC(C)(C)C1. The van der Waals surface area contributed by atoms with Crippen LogP contribution in [0.3, 0.4) is 0 Å². The minimum Gasteiger partial charge on any atom is -0.378 e. The van der Waals surface area contributed by atoms with Gasteiger partial charge in [-0.15, -0.1) is 0 Å². The summed E-state index contributed by atoms with van der Waals surface area (Å²) < 4.78 is 6.02. The molecule has 1 fully saturated rings. The molecule has 1 saturated heterocycles. The zero-order valence-corrected chi connectivity index (χ0v) is 18.0. The molecule has 1 aromatic carbocycles. The Hall–Kier alpha value is -1.06. The van der Waals surface area contributed by atoms with Crippen LogP contribution in [-0.4, -0.2) is 32.8 Å². The largest absolute Gasteiger partial charge is 0.378 e. The van der Waals surface area contributed by atoms with Crippen molar-refractivity contribution in [3.63, 3.8) is 0 Å². The van der Waals surface area contributed by atoms with Gasteiger partial charge in [0.05, 0.1) is 12.1 Å². The van der Waals surface area contributed by atoms with Gasteiger partial charge in [-0.05, 0) is 56.6 Å². The third-order valence-electron chi connectivity index (χ3n) is 5.89. The molecule has 0 saturated carbocycles. The van der Waals surface area contributed by atoms with Gasteiger partial charge in [0.1, 0.15) is 6.54 Å². The molecule has 0 aliphatic carbocycles. The zero-order chi connectivity index (χ0) is 19.2. The Morgan fingerprint density at radius 3 is 2.38 bits per heavy atom. The average molecular weight is 362 g/mol. The van der Waals surface area contributed by atoms with E-state index in [2.05, 4.69) is 76.3 Å². The summed E-state index contributed by atoms with van der Waals surface area (Å²) in [4.78, 5) is 2.15. The van der Waals surface area contributed by atoms with Crippen molar-refractivity contribution >= 4 is 5.69 Å². The summed E-state index contributed by atoms with van der Waals surface area (Å²) in [6.45, 7) is 12.5. The van der Waals surface area contributed by atoms with Crippen LogP contribution in [0.2, 0.25) is 0 Å². The van der Waals surface area contributed by atoms with Gasteiger partial charge in [0, 0.05) is 38.4 Å². The van der Waals surface area contributed by atoms with E-state index in [4.69, 9.17) is 4.74 Å². The maximum atomic E-state index is 6.02. The zero-order valence-electron chi connectivity index (χ0n) is 18.0. The van der Waals surface area contributed by atoms with Crippen LogP contribution in [-0.2, 0) is 11.3 Å². The van der Waals surface area contributed by atoms with Gasteiger partial charge >= 0.3 is 0 Å². The summed E-state index contributed by atoms with van der Waals surface area (Å²) in [5.41, 5.74) is 3.19. The topological polar surface area (TPSA) is 29.1 Å². The maximum Gasteiger partial charge on any atom is 0.101 e. The van der Waals surface area contributed by atoms with Crippen LogP contribution in [0.25, 0.3) is 0 Å². The lowest BCUT2D eigenvalue weighted by Crippen LogP contribution is -2.83. The molecular weight excluding hydrogens is 320 g/mol. The molecule has 0 amide bonds. The molecule has 1 aromatic rings. The average Bonchev–Trinajstić information content (AvgIpc) is 2.57. The summed E-state index contributed by atoms with van der Waals surface area (Å²) in [5.74, 6) is 0.789. The van der Waals surface area contributed by atoms with Crippen LogP contribution < -0.4 is 10.2 Å². The third kappa shape index (κ3) is 6.59. The van der Waals surface area contributed by atoms with Crippen molar-refractivity contribution in [3.05, 3.63) is 29.8 Å². The number of hydrogen-bond acceptors (Lipinski definition) is 2. The third-order valence-corrected chi connectivity index (χ3v) is 5.89.